The van der Waals surface area contributed by atoms with Gasteiger partial charge in [0.05, 0.1) is 22.5 Å². The largest absolute Gasteiger partial charge is 0.336 e. The van der Waals surface area contributed by atoms with Gasteiger partial charge in [-0.1, -0.05) is 12.1 Å². The lowest BCUT2D eigenvalue weighted by Crippen LogP contribution is -2.27. The van der Waals surface area contributed by atoms with Crippen LogP contribution in [0.5, 0.6) is 0 Å². The number of carbonyl (C=O) groups is 1. The van der Waals surface area contributed by atoms with Gasteiger partial charge in [-0.3, -0.25) is 4.79 Å². The first kappa shape index (κ1) is 14.4. The van der Waals surface area contributed by atoms with E-state index in [-0.39, 0.29) is 24.0 Å². The van der Waals surface area contributed by atoms with Gasteiger partial charge in [0.1, 0.15) is 5.01 Å². The molecule has 1 saturated heterocycles. The molecule has 1 aliphatic heterocycles. The fourth-order valence-corrected chi connectivity index (χ4v) is 4.46. The smallest absolute Gasteiger partial charge is 0.223 e. The van der Waals surface area contributed by atoms with Crippen molar-refractivity contribution in [1.82, 2.24) is 9.88 Å². The number of primary sulfonamides is 1. The number of thiazole rings is 1. The molecule has 112 valence electrons. The van der Waals surface area contributed by atoms with Gasteiger partial charge in [0, 0.05) is 18.9 Å². The Morgan fingerprint density at radius 3 is 2.86 bits per heavy atom. The Morgan fingerprint density at radius 2 is 2.14 bits per heavy atom. The van der Waals surface area contributed by atoms with Gasteiger partial charge in [0.2, 0.25) is 15.9 Å². The number of carbonyl (C=O) groups excluding carboxylic acids is 1. The quantitative estimate of drug-likeness (QED) is 0.905. The fourth-order valence-electron chi connectivity index (χ4n) is 2.60. The zero-order chi connectivity index (χ0) is 15.0. The first-order valence-electron chi connectivity index (χ1n) is 6.53. The standard InChI is InChI=1S/C13H15N3O3S2/c14-21(18,19)8-9-5-13(17)16(6-9)7-12-15-10-3-1-2-4-11(10)20-12/h1-4,9H,5-8H2,(H2,14,18,19). The Bertz CT molecular complexity index is 752. The summed E-state index contributed by atoms with van der Waals surface area (Å²) in [4.78, 5) is 18.1. The first-order valence-corrected chi connectivity index (χ1v) is 9.06. The summed E-state index contributed by atoms with van der Waals surface area (Å²) in [5, 5.41) is 5.90. The molecule has 21 heavy (non-hydrogen) atoms. The lowest BCUT2D eigenvalue weighted by Gasteiger charge is -2.14. The van der Waals surface area contributed by atoms with Crippen LogP contribution >= 0.6 is 11.3 Å². The first-order chi connectivity index (χ1) is 9.90. The number of amides is 1. The number of likely N-dealkylation sites (tertiary alicyclic amines) is 1. The van der Waals surface area contributed by atoms with Gasteiger partial charge in [0.15, 0.2) is 0 Å². The molecular weight excluding hydrogens is 310 g/mol. The number of para-hydroxylation sites is 1. The maximum absolute atomic E-state index is 12.0. The second-order valence-electron chi connectivity index (χ2n) is 5.25. The highest BCUT2D eigenvalue weighted by atomic mass is 32.2. The van der Waals surface area contributed by atoms with Crippen LogP contribution < -0.4 is 5.14 Å². The number of rotatable bonds is 4. The van der Waals surface area contributed by atoms with Gasteiger partial charge >= 0.3 is 0 Å². The topological polar surface area (TPSA) is 93.4 Å². The number of hydrogen-bond donors (Lipinski definition) is 1. The molecule has 1 unspecified atom stereocenters. The molecular formula is C13H15N3O3S2. The number of benzene rings is 1. The molecule has 2 heterocycles. The van der Waals surface area contributed by atoms with Crippen LogP contribution in [0.3, 0.4) is 0 Å². The van der Waals surface area contributed by atoms with Gasteiger partial charge in [-0.15, -0.1) is 11.3 Å². The number of sulfonamides is 1. The normalized spacial score (nSPS) is 19.6. The van der Waals surface area contributed by atoms with Crippen LogP contribution in [0.4, 0.5) is 0 Å². The zero-order valence-electron chi connectivity index (χ0n) is 11.2. The van der Waals surface area contributed by atoms with Crippen LogP contribution in [0.1, 0.15) is 11.4 Å². The van der Waals surface area contributed by atoms with Crippen LogP contribution in [-0.2, 0) is 21.4 Å². The van der Waals surface area contributed by atoms with Crippen LogP contribution in [-0.4, -0.2) is 36.5 Å². The highest BCUT2D eigenvalue weighted by Gasteiger charge is 2.32. The monoisotopic (exact) mass is 325 g/mol. The molecule has 1 amide bonds. The molecule has 1 aromatic carbocycles. The van der Waals surface area contributed by atoms with Crippen LogP contribution in [0, 0.1) is 5.92 Å². The minimum absolute atomic E-state index is 0.0390. The Labute approximate surface area is 126 Å². The minimum Gasteiger partial charge on any atom is -0.336 e. The molecule has 2 N–H and O–H groups in total. The van der Waals surface area contributed by atoms with Crippen molar-refractivity contribution in [3.8, 4) is 0 Å². The third-order valence-corrected chi connectivity index (χ3v) is 5.38. The summed E-state index contributed by atoms with van der Waals surface area (Å²) in [6.07, 6.45) is 0.237. The summed E-state index contributed by atoms with van der Waals surface area (Å²) < 4.78 is 23.3. The van der Waals surface area contributed by atoms with Crippen LogP contribution in [0.2, 0.25) is 0 Å². The SMILES string of the molecule is NS(=O)(=O)CC1CC(=O)N(Cc2nc3ccccc3s2)C1. The van der Waals surface area contributed by atoms with E-state index in [1.54, 1.807) is 16.2 Å². The molecule has 0 saturated carbocycles. The van der Waals surface area contributed by atoms with Crippen molar-refractivity contribution in [2.24, 2.45) is 11.1 Å². The maximum atomic E-state index is 12.0. The van der Waals surface area contributed by atoms with Crippen molar-refractivity contribution >= 4 is 37.5 Å². The highest BCUT2D eigenvalue weighted by molar-refractivity contribution is 7.89. The summed E-state index contributed by atoms with van der Waals surface area (Å²) in [5.41, 5.74) is 0.922. The lowest BCUT2D eigenvalue weighted by molar-refractivity contribution is -0.128. The van der Waals surface area contributed by atoms with Gasteiger partial charge in [-0.25, -0.2) is 18.5 Å². The number of nitrogens with two attached hydrogens (primary N) is 1. The van der Waals surface area contributed by atoms with Gasteiger partial charge in [0.25, 0.3) is 0 Å². The van der Waals surface area contributed by atoms with Crippen molar-refractivity contribution in [2.45, 2.75) is 13.0 Å². The number of nitrogens with zero attached hydrogens (tertiary/aromatic N) is 2. The Morgan fingerprint density at radius 1 is 1.38 bits per heavy atom. The minimum atomic E-state index is -3.54. The summed E-state index contributed by atoms with van der Waals surface area (Å²) in [5.74, 6) is -0.403. The Kier molecular flexibility index (Phi) is 3.68. The second-order valence-corrected chi connectivity index (χ2v) is 8.02. The molecule has 0 bridgehead atoms. The van der Waals surface area contributed by atoms with Crippen molar-refractivity contribution < 1.29 is 13.2 Å². The molecule has 1 aromatic heterocycles. The molecule has 0 aliphatic carbocycles. The summed E-state index contributed by atoms with van der Waals surface area (Å²) >= 11 is 1.55. The van der Waals surface area contributed by atoms with E-state index in [9.17, 15) is 13.2 Å². The molecule has 3 rings (SSSR count). The van der Waals surface area contributed by atoms with E-state index in [1.807, 2.05) is 24.3 Å². The molecule has 1 atom stereocenters. The molecule has 6 nitrogen and oxygen atoms in total. The van der Waals surface area contributed by atoms with Gasteiger partial charge < -0.3 is 4.90 Å². The second kappa shape index (κ2) is 5.36. The van der Waals surface area contributed by atoms with Crippen molar-refractivity contribution in [3.05, 3.63) is 29.3 Å². The van der Waals surface area contributed by atoms with Gasteiger partial charge in [-0.2, -0.15) is 0 Å². The highest BCUT2D eigenvalue weighted by Crippen LogP contribution is 2.26. The fraction of sp³-hybridized carbons (Fsp3) is 0.385. The number of fused-ring (bicyclic) bond motifs is 1. The summed E-state index contributed by atoms with van der Waals surface area (Å²) in [7, 11) is -3.54. The average Bonchev–Trinajstić information content (AvgIpc) is 2.91. The molecule has 0 spiro atoms. The predicted molar refractivity (Wildman–Crippen MR) is 81.1 cm³/mol. The summed E-state index contributed by atoms with van der Waals surface area (Å²) in [6, 6.07) is 7.81. The average molecular weight is 325 g/mol. The van der Waals surface area contributed by atoms with Crippen molar-refractivity contribution in [3.63, 3.8) is 0 Å². The Hall–Kier alpha value is -1.51. The maximum Gasteiger partial charge on any atom is 0.223 e. The van der Waals surface area contributed by atoms with E-state index < -0.39 is 10.0 Å². The predicted octanol–water partition coefficient (Wildman–Crippen LogP) is 0.933. The Balaban J connectivity index is 1.71. The van der Waals surface area contributed by atoms with E-state index in [0.29, 0.717) is 13.1 Å². The number of aromatic nitrogens is 1. The van der Waals surface area contributed by atoms with Crippen LogP contribution in [0.25, 0.3) is 10.2 Å². The van der Waals surface area contributed by atoms with E-state index in [2.05, 4.69) is 4.98 Å². The molecule has 1 aliphatic rings. The molecule has 0 radical (unpaired) electrons. The van der Waals surface area contributed by atoms with Gasteiger partial charge in [-0.05, 0) is 12.1 Å². The van der Waals surface area contributed by atoms with Crippen molar-refractivity contribution in [2.75, 3.05) is 12.3 Å². The van der Waals surface area contributed by atoms with E-state index in [1.165, 1.54) is 0 Å². The molecule has 2 aromatic rings. The number of hydrogen-bond acceptors (Lipinski definition) is 5. The molecule has 8 heteroatoms. The third-order valence-electron chi connectivity index (χ3n) is 3.43. The third kappa shape index (κ3) is 3.39. The van der Waals surface area contributed by atoms with E-state index in [0.717, 1.165) is 15.2 Å². The molecule has 1 fully saturated rings. The summed E-state index contributed by atoms with van der Waals surface area (Å²) in [6.45, 7) is 0.852. The van der Waals surface area contributed by atoms with E-state index >= 15 is 0 Å². The van der Waals surface area contributed by atoms with E-state index in [4.69, 9.17) is 5.14 Å². The van der Waals surface area contributed by atoms with Crippen LogP contribution in [0.15, 0.2) is 24.3 Å². The zero-order valence-corrected chi connectivity index (χ0v) is 12.9. The van der Waals surface area contributed by atoms with Crippen molar-refractivity contribution in [1.29, 1.82) is 0 Å². The lowest BCUT2D eigenvalue weighted by atomic mass is 10.1.